The van der Waals surface area contributed by atoms with E-state index < -0.39 is 10.0 Å². The average Bonchev–Trinajstić information content (AvgIpc) is 2.67. The van der Waals surface area contributed by atoms with Gasteiger partial charge in [-0.3, -0.25) is 4.72 Å². The number of hydrogen-bond donors (Lipinski definition) is 2. The molecule has 0 unspecified atom stereocenters. The number of benzene rings is 1. The van der Waals surface area contributed by atoms with Crippen molar-refractivity contribution in [2.75, 3.05) is 4.72 Å². The molecule has 5 nitrogen and oxygen atoms in total. The quantitative estimate of drug-likeness (QED) is 0.869. The molecule has 0 bridgehead atoms. The Kier molecular flexibility index (Phi) is 4.79. The molecule has 0 radical (unpaired) electrons. The van der Waals surface area contributed by atoms with Crippen molar-refractivity contribution in [3.8, 4) is 0 Å². The third kappa shape index (κ3) is 3.49. The zero-order valence-electron chi connectivity index (χ0n) is 11.1. The van der Waals surface area contributed by atoms with Crippen molar-refractivity contribution in [3.63, 3.8) is 0 Å². The van der Waals surface area contributed by atoms with Crippen LogP contribution in [0, 0.1) is 13.8 Å². The van der Waals surface area contributed by atoms with Crippen LogP contribution in [0.4, 0.5) is 5.13 Å². The number of nitrogens with zero attached hydrogens (tertiary/aromatic N) is 1. The van der Waals surface area contributed by atoms with Crippen LogP contribution in [0.2, 0.25) is 10.0 Å². The van der Waals surface area contributed by atoms with Crippen molar-refractivity contribution < 1.29 is 13.5 Å². The summed E-state index contributed by atoms with van der Waals surface area (Å²) >= 11 is 13.0. The van der Waals surface area contributed by atoms with Crippen LogP contribution >= 0.6 is 34.5 Å². The first-order valence-electron chi connectivity index (χ1n) is 5.80. The van der Waals surface area contributed by atoms with Crippen molar-refractivity contribution in [1.82, 2.24) is 4.98 Å². The van der Waals surface area contributed by atoms with Gasteiger partial charge in [0.25, 0.3) is 10.0 Å². The molecule has 2 N–H and O–H groups in total. The molecule has 1 aromatic heterocycles. The molecule has 0 aliphatic carbocycles. The van der Waals surface area contributed by atoms with Crippen LogP contribution in [0.1, 0.15) is 16.1 Å². The van der Waals surface area contributed by atoms with Gasteiger partial charge in [-0.2, -0.15) is 0 Å². The van der Waals surface area contributed by atoms with Gasteiger partial charge in [-0.1, -0.05) is 23.2 Å². The average molecular weight is 367 g/mol. The SMILES string of the molecule is Cc1nc(NS(=O)(=O)c2cc(CO)c(Cl)cc2Cl)sc1C. The Morgan fingerprint density at radius 1 is 1.29 bits per heavy atom. The summed E-state index contributed by atoms with van der Waals surface area (Å²) in [6, 6.07) is 2.54. The number of anilines is 1. The van der Waals surface area contributed by atoms with Crippen molar-refractivity contribution in [2.24, 2.45) is 0 Å². The van der Waals surface area contributed by atoms with E-state index in [4.69, 9.17) is 23.2 Å². The van der Waals surface area contributed by atoms with Gasteiger partial charge in [-0.25, -0.2) is 13.4 Å². The summed E-state index contributed by atoms with van der Waals surface area (Å²) in [6.45, 7) is 3.26. The topological polar surface area (TPSA) is 79.3 Å². The first kappa shape index (κ1) is 16.5. The van der Waals surface area contributed by atoms with Gasteiger partial charge in [0, 0.05) is 9.90 Å². The molecule has 114 valence electrons. The number of halogens is 2. The van der Waals surface area contributed by atoms with Crippen molar-refractivity contribution >= 4 is 49.7 Å². The number of sulfonamides is 1. The van der Waals surface area contributed by atoms with Gasteiger partial charge in [-0.05, 0) is 31.5 Å². The van der Waals surface area contributed by atoms with Crippen molar-refractivity contribution in [1.29, 1.82) is 0 Å². The lowest BCUT2D eigenvalue weighted by Gasteiger charge is -2.10. The largest absolute Gasteiger partial charge is 0.392 e. The van der Waals surface area contributed by atoms with E-state index in [0.717, 1.165) is 10.6 Å². The maximum absolute atomic E-state index is 12.4. The van der Waals surface area contributed by atoms with Gasteiger partial charge >= 0.3 is 0 Å². The second-order valence-corrected chi connectivity index (χ2v) is 7.97. The molecule has 0 amide bonds. The van der Waals surface area contributed by atoms with E-state index in [1.54, 1.807) is 6.92 Å². The first-order valence-corrected chi connectivity index (χ1v) is 8.86. The summed E-state index contributed by atoms with van der Waals surface area (Å²) in [7, 11) is -3.90. The first-order chi connectivity index (χ1) is 9.74. The molecule has 0 atom stereocenters. The standard InChI is InChI=1S/C12H12Cl2N2O3S2/c1-6-7(2)20-12(15-6)16-21(18,19)11-3-8(5-17)9(13)4-10(11)14/h3-4,17H,5H2,1-2H3,(H,15,16). The van der Waals surface area contributed by atoms with Crippen molar-refractivity contribution in [2.45, 2.75) is 25.3 Å². The van der Waals surface area contributed by atoms with E-state index in [1.165, 1.54) is 23.5 Å². The Hall–Kier alpha value is -0.860. The number of aliphatic hydroxyl groups is 1. The number of aliphatic hydroxyl groups excluding tert-OH is 1. The summed E-state index contributed by atoms with van der Waals surface area (Å²) in [5.74, 6) is 0. The molecule has 0 saturated carbocycles. The molecule has 0 saturated heterocycles. The maximum atomic E-state index is 12.4. The van der Waals surface area contributed by atoms with Gasteiger partial charge in [-0.15, -0.1) is 11.3 Å². The summed E-state index contributed by atoms with van der Waals surface area (Å²) < 4.78 is 27.1. The highest BCUT2D eigenvalue weighted by Crippen LogP contribution is 2.31. The second-order valence-electron chi connectivity index (χ2n) is 4.30. The lowest BCUT2D eigenvalue weighted by molar-refractivity contribution is 0.281. The Balaban J connectivity index is 2.44. The summed E-state index contributed by atoms with van der Waals surface area (Å²) in [4.78, 5) is 4.89. The predicted molar refractivity (Wildman–Crippen MR) is 84.8 cm³/mol. The van der Waals surface area contributed by atoms with Crippen molar-refractivity contribution in [3.05, 3.63) is 38.3 Å². The van der Waals surface area contributed by atoms with Crippen LogP contribution in [0.15, 0.2) is 17.0 Å². The molecular formula is C12H12Cl2N2O3S2. The van der Waals surface area contributed by atoms with E-state index in [1.807, 2.05) is 6.92 Å². The second kappa shape index (κ2) is 6.10. The van der Waals surface area contributed by atoms with Gasteiger partial charge < -0.3 is 5.11 Å². The van der Waals surface area contributed by atoms with Gasteiger partial charge in [0.2, 0.25) is 0 Å². The summed E-state index contributed by atoms with van der Waals surface area (Å²) in [5, 5.41) is 9.63. The zero-order chi connectivity index (χ0) is 15.8. The molecule has 21 heavy (non-hydrogen) atoms. The summed E-state index contributed by atoms with van der Waals surface area (Å²) in [5.41, 5.74) is 1.05. The van der Waals surface area contributed by atoms with Gasteiger partial charge in [0.1, 0.15) is 4.90 Å². The molecule has 0 aliphatic heterocycles. The number of rotatable bonds is 4. The van der Waals surface area contributed by atoms with Crippen LogP contribution in [-0.2, 0) is 16.6 Å². The number of hydrogen-bond acceptors (Lipinski definition) is 5. The monoisotopic (exact) mass is 366 g/mol. The van der Waals surface area contributed by atoms with Crippen LogP contribution in [0.5, 0.6) is 0 Å². The van der Waals surface area contributed by atoms with E-state index in [9.17, 15) is 13.5 Å². The van der Waals surface area contributed by atoms with E-state index in [-0.39, 0.29) is 32.2 Å². The Bertz CT molecular complexity index is 769. The van der Waals surface area contributed by atoms with Crippen LogP contribution in [0.3, 0.4) is 0 Å². The highest BCUT2D eigenvalue weighted by atomic mass is 35.5. The predicted octanol–water partition coefficient (Wildman–Crippen LogP) is 3.36. The number of thiazole rings is 1. The molecule has 0 aliphatic rings. The number of nitrogens with one attached hydrogen (secondary N) is 1. The van der Waals surface area contributed by atoms with Crippen LogP contribution in [0.25, 0.3) is 0 Å². The molecule has 0 spiro atoms. The fraction of sp³-hybridized carbons (Fsp3) is 0.250. The Labute approximate surface area is 136 Å². The summed E-state index contributed by atoms with van der Waals surface area (Å²) in [6.07, 6.45) is 0. The third-order valence-corrected chi connectivity index (χ3v) is 6.08. The number of aromatic nitrogens is 1. The molecule has 2 aromatic rings. The normalized spacial score (nSPS) is 11.7. The molecule has 9 heteroatoms. The Morgan fingerprint density at radius 3 is 2.48 bits per heavy atom. The maximum Gasteiger partial charge on any atom is 0.265 e. The molecule has 1 heterocycles. The minimum Gasteiger partial charge on any atom is -0.392 e. The van der Waals surface area contributed by atoms with Crippen LogP contribution in [-0.4, -0.2) is 18.5 Å². The lowest BCUT2D eigenvalue weighted by atomic mass is 10.2. The smallest absolute Gasteiger partial charge is 0.265 e. The molecule has 0 fully saturated rings. The highest BCUT2D eigenvalue weighted by molar-refractivity contribution is 7.93. The molecule has 2 rings (SSSR count). The van der Waals surface area contributed by atoms with E-state index in [2.05, 4.69) is 9.71 Å². The van der Waals surface area contributed by atoms with Crippen LogP contribution < -0.4 is 4.72 Å². The zero-order valence-corrected chi connectivity index (χ0v) is 14.3. The number of aryl methyl sites for hydroxylation is 2. The molecule has 1 aromatic carbocycles. The Morgan fingerprint density at radius 2 is 1.95 bits per heavy atom. The minimum atomic E-state index is -3.90. The fourth-order valence-electron chi connectivity index (χ4n) is 1.58. The fourth-order valence-corrected chi connectivity index (χ4v) is 4.49. The van der Waals surface area contributed by atoms with Gasteiger partial charge in [0.15, 0.2) is 5.13 Å². The van der Waals surface area contributed by atoms with E-state index >= 15 is 0 Å². The third-order valence-electron chi connectivity index (χ3n) is 2.81. The highest BCUT2D eigenvalue weighted by Gasteiger charge is 2.21. The lowest BCUT2D eigenvalue weighted by Crippen LogP contribution is -2.14. The minimum absolute atomic E-state index is 0.0188. The van der Waals surface area contributed by atoms with E-state index in [0.29, 0.717) is 0 Å². The molecular weight excluding hydrogens is 355 g/mol. The van der Waals surface area contributed by atoms with Gasteiger partial charge in [0.05, 0.1) is 17.3 Å².